The van der Waals surface area contributed by atoms with E-state index in [9.17, 15) is 5.11 Å². The van der Waals surface area contributed by atoms with Gasteiger partial charge in [0.05, 0.1) is 24.3 Å². The number of halogens is 2. The standard InChI is InChI=1S/C17H21Cl2NO3/c18-11-9-12-15(21)13-3-1-2-4-17(13,20-5-7-22-8-6-20)23-16(12)14(19)10-11/h9-10,13,15,21H,1-8H2/t13-,15-,17+/m1/s1. The van der Waals surface area contributed by atoms with Crippen LogP contribution in [0.25, 0.3) is 0 Å². The molecule has 0 spiro atoms. The van der Waals surface area contributed by atoms with Gasteiger partial charge >= 0.3 is 0 Å². The lowest BCUT2D eigenvalue weighted by molar-refractivity contribution is -0.206. The van der Waals surface area contributed by atoms with Crippen molar-refractivity contribution in [1.82, 2.24) is 4.90 Å². The molecule has 1 N–H and O–H groups in total. The molecule has 4 rings (SSSR count). The lowest BCUT2D eigenvalue weighted by Crippen LogP contribution is -2.64. The summed E-state index contributed by atoms with van der Waals surface area (Å²) in [6.45, 7) is 3.05. The molecule has 1 aromatic rings. The van der Waals surface area contributed by atoms with Gasteiger partial charge in [-0.1, -0.05) is 29.6 Å². The van der Waals surface area contributed by atoms with Gasteiger partial charge in [-0.15, -0.1) is 0 Å². The van der Waals surface area contributed by atoms with E-state index in [2.05, 4.69) is 4.90 Å². The lowest BCUT2D eigenvalue weighted by atomic mass is 9.73. The third-order valence-corrected chi connectivity index (χ3v) is 5.94. The van der Waals surface area contributed by atoms with E-state index in [1.807, 2.05) is 0 Å². The first-order chi connectivity index (χ1) is 11.1. The van der Waals surface area contributed by atoms with Crippen LogP contribution in [-0.4, -0.2) is 42.0 Å². The first-order valence-corrected chi connectivity index (χ1v) is 9.06. The molecular weight excluding hydrogens is 337 g/mol. The van der Waals surface area contributed by atoms with Gasteiger partial charge in [0.25, 0.3) is 0 Å². The Hall–Kier alpha value is -0.520. The van der Waals surface area contributed by atoms with Crippen LogP contribution >= 0.6 is 23.2 Å². The van der Waals surface area contributed by atoms with Gasteiger partial charge in [-0.2, -0.15) is 0 Å². The highest BCUT2D eigenvalue weighted by molar-refractivity contribution is 6.35. The Bertz CT molecular complexity index is 606. The zero-order valence-electron chi connectivity index (χ0n) is 12.9. The average Bonchev–Trinajstić information content (AvgIpc) is 2.57. The number of hydrogen-bond acceptors (Lipinski definition) is 4. The van der Waals surface area contributed by atoms with Gasteiger partial charge in [0.15, 0.2) is 5.72 Å². The van der Waals surface area contributed by atoms with Gasteiger partial charge < -0.3 is 14.6 Å². The van der Waals surface area contributed by atoms with Crippen molar-refractivity contribution < 1.29 is 14.6 Å². The molecule has 2 fully saturated rings. The van der Waals surface area contributed by atoms with E-state index in [0.717, 1.165) is 44.3 Å². The minimum atomic E-state index is -0.599. The molecule has 2 aliphatic heterocycles. The number of ether oxygens (including phenoxy) is 2. The van der Waals surface area contributed by atoms with Crippen molar-refractivity contribution in [2.45, 2.75) is 37.5 Å². The molecule has 0 unspecified atom stereocenters. The molecule has 6 heteroatoms. The fraction of sp³-hybridized carbons (Fsp3) is 0.647. The highest BCUT2D eigenvalue weighted by atomic mass is 35.5. The van der Waals surface area contributed by atoms with E-state index in [4.69, 9.17) is 32.7 Å². The molecule has 0 bridgehead atoms. The summed E-state index contributed by atoms with van der Waals surface area (Å²) >= 11 is 12.5. The van der Waals surface area contributed by atoms with Gasteiger partial charge in [0.2, 0.25) is 0 Å². The number of rotatable bonds is 1. The number of aliphatic hydroxyl groups excluding tert-OH is 1. The predicted octanol–water partition coefficient (Wildman–Crippen LogP) is 3.64. The van der Waals surface area contributed by atoms with Crippen molar-refractivity contribution in [3.05, 3.63) is 27.7 Å². The molecule has 1 saturated carbocycles. The summed E-state index contributed by atoms with van der Waals surface area (Å²) in [4.78, 5) is 2.34. The lowest BCUT2D eigenvalue weighted by Gasteiger charge is -2.55. The Morgan fingerprint density at radius 1 is 1.17 bits per heavy atom. The summed E-state index contributed by atoms with van der Waals surface area (Å²) in [5, 5.41) is 12.1. The molecule has 23 heavy (non-hydrogen) atoms. The number of fused-ring (bicyclic) bond motifs is 2. The molecule has 1 aliphatic carbocycles. The largest absolute Gasteiger partial charge is 0.470 e. The molecule has 3 atom stereocenters. The number of nitrogens with zero attached hydrogens (tertiary/aromatic N) is 1. The summed E-state index contributed by atoms with van der Waals surface area (Å²) < 4.78 is 12.0. The van der Waals surface area contributed by atoms with Crippen LogP contribution in [0, 0.1) is 5.92 Å². The van der Waals surface area contributed by atoms with Crippen LogP contribution in [-0.2, 0) is 4.74 Å². The molecule has 1 saturated heterocycles. The highest BCUT2D eigenvalue weighted by Crippen LogP contribution is 2.54. The smallest absolute Gasteiger partial charge is 0.169 e. The Labute approximate surface area is 146 Å². The van der Waals surface area contributed by atoms with Crippen molar-refractivity contribution in [2.75, 3.05) is 26.3 Å². The second kappa shape index (κ2) is 6.08. The first kappa shape index (κ1) is 16.0. The summed E-state index contributed by atoms with van der Waals surface area (Å²) in [6.07, 6.45) is 3.47. The molecule has 3 aliphatic rings. The second-order valence-corrected chi connectivity index (χ2v) is 7.49. The van der Waals surface area contributed by atoms with Gasteiger partial charge in [-0.3, -0.25) is 4.90 Å². The first-order valence-electron chi connectivity index (χ1n) is 8.31. The molecule has 4 nitrogen and oxygen atoms in total. The Kier molecular flexibility index (Phi) is 4.23. The summed E-state index contributed by atoms with van der Waals surface area (Å²) in [7, 11) is 0. The summed E-state index contributed by atoms with van der Waals surface area (Å²) in [5.74, 6) is 0.629. The normalized spacial score (nSPS) is 34.4. The van der Waals surface area contributed by atoms with Crippen molar-refractivity contribution >= 4 is 23.2 Å². The molecule has 0 radical (unpaired) electrons. The Morgan fingerprint density at radius 2 is 1.96 bits per heavy atom. The van der Waals surface area contributed by atoms with Crippen LogP contribution in [0.5, 0.6) is 5.75 Å². The predicted molar refractivity (Wildman–Crippen MR) is 89.1 cm³/mol. The average molecular weight is 358 g/mol. The van der Waals surface area contributed by atoms with E-state index >= 15 is 0 Å². The minimum Gasteiger partial charge on any atom is -0.470 e. The molecule has 2 heterocycles. The number of hydrogen-bond donors (Lipinski definition) is 1. The topological polar surface area (TPSA) is 41.9 Å². The molecule has 1 aromatic carbocycles. The Morgan fingerprint density at radius 3 is 2.74 bits per heavy atom. The van der Waals surface area contributed by atoms with E-state index in [-0.39, 0.29) is 5.92 Å². The van der Waals surface area contributed by atoms with E-state index < -0.39 is 11.8 Å². The number of benzene rings is 1. The molecular formula is C17H21Cl2NO3. The van der Waals surface area contributed by atoms with E-state index in [1.54, 1.807) is 12.1 Å². The monoisotopic (exact) mass is 357 g/mol. The highest BCUT2D eigenvalue weighted by Gasteiger charge is 2.54. The zero-order chi connectivity index (χ0) is 16.0. The van der Waals surface area contributed by atoms with E-state index in [1.165, 1.54) is 0 Å². The van der Waals surface area contributed by atoms with Crippen molar-refractivity contribution in [2.24, 2.45) is 5.92 Å². The van der Waals surface area contributed by atoms with Crippen molar-refractivity contribution in [1.29, 1.82) is 0 Å². The van der Waals surface area contributed by atoms with Gasteiger partial charge in [0, 0.05) is 36.0 Å². The molecule has 0 amide bonds. The van der Waals surface area contributed by atoms with Crippen LogP contribution in [0.1, 0.15) is 37.4 Å². The number of aliphatic hydroxyl groups is 1. The van der Waals surface area contributed by atoms with Gasteiger partial charge in [-0.05, 0) is 25.0 Å². The fourth-order valence-electron chi connectivity index (χ4n) is 4.38. The molecule has 0 aromatic heterocycles. The van der Waals surface area contributed by atoms with Gasteiger partial charge in [-0.25, -0.2) is 0 Å². The zero-order valence-corrected chi connectivity index (χ0v) is 14.4. The SMILES string of the molecule is O[C@@H]1c2cc(Cl)cc(Cl)c2O[C@@]2(N3CCOCC3)CCCC[C@H]12. The van der Waals surface area contributed by atoms with Crippen molar-refractivity contribution in [3.8, 4) is 5.75 Å². The maximum atomic E-state index is 11.0. The fourth-order valence-corrected chi connectivity index (χ4v) is 4.93. The van der Waals surface area contributed by atoms with Crippen LogP contribution in [0.15, 0.2) is 12.1 Å². The van der Waals surface area contributed by atoms with E-state index in [0.29, 0.717) is 29.0 Å². The third kappa shape index (κ3) is 2.56. The minimum absolute atomic E-state index is 0.0383. The third-order valence-electron chi connectivity index (χ3n) is 5.44. The maximum Gasteiger partial charge on any atom is 0.169 e. The summed E-state index contributed by atoms with van der Waals surface area (Å²) in [5.41, 5.74) is 0.240. The van der Waals surface area contributed by atoms with Gasteiger partial charge in [0.1, 0.15) is 5.75 Å². The van der Waals surface area contributed by atoms with Crippen LogP contribution in [0.4, 0.5) is 0 Å². The maximum absolute atomic E-state index is 11.0. The number of morpholine rings is 1. The van der Waals surface area contributed by atoms with Crippen LogP contribution in [0.3, 0.4) is 0 Å². The Balaban J connectivity index is 1.80. The molecule has 126 valence electrons. The van der Waals surface area contributed by atoms with Crippen LogP contribution in [0.2, 0.25) is 10.0 Å². The second-order valence-electron chi connectivity index (χ2n) is 6.65. The van der Waals surface area contributed by atoms with Crippen molar-refractivity contribution in [3.63, 3.8) is 0 Å². The quantitative estimate of drug-likeness (QED) is 0.832. The summed E-state index contributed by atoms with van der Waals surface area (Å²) in [6, 6.07) is 3.47. The van der Waals surface area contributed by atoms with Crippen LogP contribution < -0.4 is 4.74 Å².